The Bertz CT molecular complexity index is 436. The van der Waals surface area contributed by atoms with E-state index in [0.717, 1.165) is 6.42 Å². The average molecular weight is 321 g/mol. The Morgan fingerprint density at radius 1 is 1.27 bits per heavy atom. The standard InChI is InChI=1S/C15H22F3NO3/c1-21-13-11(14(20)22-2)7-8-12(19-13)9-3-5-10(6-4-9)15(16,17)18/h5,9,11-13,19H,3-4,6-8H2,1-2H3/t9-,11?,12?,13?/m1/s1. The van der Waals surface area contributed by atoms with E-state index in [1.54, 1.807) is 0 Å². The smallest absolute Gasteiger partial charge is 0.412 e. The van der Waals surface area contributed by atoms with Gasteiger partial charge in [-0.2, -0.15) is 13.2 Å². The van der Waals surface area contributed by atoms with Crippen LogP contribution in [-0.4, -0.2) is 38.6 Å². The van der Waals surface area contributed by atoms with Crippen molar-refractivity contribution in [2.24, 2.45) is 11.8 Å². The van der Waals surface area contributed by atoms with Gasteiger partial charge in [0, 0.05) is 18.7 Å². The summed E-state index contributed by atoms with van der Waals surface area (Å²) < 4.78 is 48.0. The lowest BCUT2D eigenvalue weighted by Gasteiger charge is -2.39. The predicted molar refractivity (Wildman–Crippen MR) is 73.9 cm³/mol. The van der Waals surface area contributed by atoms with Gasteiger partial charge in [0.25, 0.3) is 0 Å². The van der Waals surface area contributed by atoms with Crippen molar-refractivity contribution in [3.63, 3.8) is 0 Å². The molecule has 1 N–H and O–H groups in total. The molecule has 0 bridgehead atoms. The van der Waals surface area contributed by atoms with Crippen molar-refractivity contribution in [3.8, 4) is 0 Å². The molecule has 0 aromatic heterocycles. The van der Waals surface area contributed by atoms with Crippen LogP contribution in [0.5, 0.6) is 0 Å². The number of piperidine rings is 1. The first-order chi connectivity index (χ1) is 10.4. The van der Waals surface area contributed by atoms with Crippen molar-refractivity contribution >= 4 is 5.97 Å². The van der Waals surface area contributed by atoms with E-state index in [4.69, 9.17) is 9.47 Å². The van der Waals surface area contributed by atoms with E-state index in [0.29, 0.717) is 19.3 Å². The SMILES string of the molecule is COC(=O)C1CCC([C@@H]2CC=C(C(F)(F)F)CC2)NC1OC. The Kier molecular flexibility index (Phi) is 5.50. The number of hydrogen-bond acceptors (Lipinski definition) is 4. The number of carbonyl (C=O) groups excluding carboxylic acids is 1. The van der Waals surface area contributed by atoms with E-state index in [2.05, 4.69) is 5.32 Å². The summed E-state index contributed by atoms with van der Waals surface area (Å²) in [5.41, 5.74) is -0.421. The molecule has 0 aromatic rings. The molecule has 1 saturated heterocycles. The minimum Gasteiger partial charge on any atom is -0.469 e. The second-order valence-electron chi connectivity index (χ2n) is 5.90. The normalized spacial score (nSPS) is 33.2. The zero-order chi connectivity index (χ0) is 16.3. The van der Waals surface area contributed by atoms with Gasteiger partial charge in [-0.05, 0) is 38.0 Å². The van der Waals surface area contributed by atoms with Crippen LogP contribution < -0.4 is 5.32 Å². The summed E-state index contributed by atoms with van der Waals surface area (Å²) in [6.45, 7) is 0. The topological polar surface area (TPSA) is 47.6 Å². The lowest BCUT2D eigenvalue weighted by Crippen LogP contribution is -2.53. The molecule has 4 nitrogen and oxygen atoms in total. The molecule has 0 radical (unpaired) electrons. The molecule has 22 heavy (non-hydrogen) atoms. The minimum atomic E-state index is -4.21. The first kappa shape index (κ1) is 17.3. The molecular formula is C15H22F3NO3. The number of carbonyl (C=O) groups is 1. The van der Waals surface area contributed by atoms with E-state index >= 15 is 0 Å². The fourth-order valence-electron chi connectivity index (χ4n) is 3.40. The molecule has 126 valence electrons. The zero-order valence-corrected chi connectivity index (χ0v) is 12.8. The molecule has 1 aliphatic carbocycles. The lowest BCUT2D eigenvalue weighted by atomic mass is 9.79. The fraction of sp³-hybridized carbons (Fsp3) is 0.800. The third-order valence-corrected chi connectivity index (χ3v) is 4.67. The number of nitrogens with one attached hydrogen (secondary N) is 1. The van der Waals surface area contributed by atoms with Crippen molar-refractivity contribution in [1.82, 2.24) is 5.32 Å². The maximum absolute atomic E-state index is 12.7. The van der Waals surface area contributed by atoms with Gasteiger partial charge in [-0.3, -0.25) is 10.1 Å². The Labute approximate surface area is 128 Å². The molecule has 7 heteroatoms. The van der Waals surface area contributed by atoms with E-state index < -0.39 is 18.0 Å². The van der Waals surface area contributed by atoms with Crippen molar-refractivity contribution < 1.29 is 27.4 Å². The Morgan fingerprint density at radius 2 is 2.00 bits per heavy atom. The summed E-state index contributed by atoms with van der Waals surface area (Å²) in [5, 5.41) is 3.26. The van der Waals surface area contributed by atoms with Crippen LogP contribution in [0.2, 0.25) is 0 Å². The van der Waals surface area contributed by atoms with Crippen molar-refractivity contribution in [3.05, 3.63) is 11.6 Å². The van der Waals surface area contributed by atoms with Crippen LogP contribution in [0.15, 0.2) is 11.6 Å². The quantitative estimate of drug-likeness (QED) is 0.641. The van der Waals surface area contributed by atoms with Crippen LogP contribution in [-0.2, 0) is 14.3 Å². The van der Waals surface area contributed by atoms with Gasteiger partial charge in [0.2, 0.25) is 0 Å². The maximum atomic E-state index is 12.7. The zero-order valence-electron chi connectivity index (χ0n) is 12.8. The van der Waals surface area contributed by atoms with Crippen molar-refractivity contribution in [1.29, 1.82) is 0 Å². The molecule has 2 rings (SSSR count). The lowest BCUT2D eigenvalue weighted by molar-refractivity contribution is -0.154. The van der Waals surface area contributed by atoms with E-state index in [-0.39, 0.29) is 30.3 Å². The second-order valence-corrected chi connectivity index (χ2v) is 5.90. The van der Waals surface area contributed by atoms with Gasteiger partial charge in [-0.15, -0.1) is 0 Å². The molecule has 2 aliphatic rings. The van der Waals surface area contributed by atoms with Gasteiger partial charge < -0.3 is 9.47 Å². The van der Waals surface area contributed by atoms with Crippen molar-refractivity contribution in [2.45, 2.75) is 50.6 Å². The van der Waals surface area contributed by atoms with Crippen LogP contribution in [0.25, 0.3) is 0 Å². The fourth-order valence-corrected chi connectivity index (χ4v) is 3.40. The molecule has 0 aromatic carbocycles. The summed E-state index contributed by atoms with van der Waals surface area (Å²) in [7, 11) is 2.85. The summed E-state index contributed by atoms with van der Waals surface area (Å²) >= 11 is 0. The molecule has 0 spiro atoms. The number of ether oxygens (including phenoxy) is 2. The average Bonchev–Trinajstić information content (AvgIpc) is 2.52. The van der Waals surface area contributed by atoms with Crippen LogP contribution in [0, 0.1) is 11.8 Å². The summed E-state index contributed by atoms with van der Waals surface area (Å²) in [6, 6.07) is 0.0666. The molecule has 0 amide bonds. The Morgan fingerprint density at radius 3 is 2.50 bits per heavy atom. The summed E-state index contributed by atoms with van der Waals surface area (Å²) in [4.78, 5) is 11.7. The highest BCUT2D eigenvalue weighted by Crippen LogP contribution is 2.38. The van der Waals surface area contributed by atoms with E-state index in [1.807, 2.05) is 0 Å². The molecular weight excluding hydrogens is 299 g/mol. The molecule has 1 fully saturated rings. The van der Waals surface area contributed by atoms with Crippen LogP contribution in [0.3, 0.4) is 0 Å². The van der Waals surface area contributed by atoms with Gasteiger partial charge >= 0.3 is 12.1 Å². The van der Waals surface area contributed by atoms with Gasteiger partial charge in [-0.1, -0.05) is 6.08 Å². The highest BCUT2D eigenvalue weighted by Gasteiger charge is 2.40. The first-order valence-electron chi connectivity index (χ1n) is 7.49. The minimum absolute atomic E-state index is 0.0599. The van der Waals surface area contributed by atoms with E-state index in [9.17, 15) is 18.0 Å². The maximum Gasteiger partial charge on any atom is 0.412 e. The van der Waals surface area contributed by atoms with Gasteiger partial charge in [0.05, 0.1) is 13.0 Å². The predicted octanol–water partition coefficient (Wildman–Crippen LogP) is 2.79. The number of alkyl halides is 3. The summed E-state index contributed by atoms with van der Waals surface area (Å²) in [6.07, 6.45) is -1.02. The molecule has 3 unspecified atom stereocenters. The van der Waals surface area contributed by atoms with Gasteiger partial charge in [-0.25, -0.2) is 0 Å². The third kappa shape index (κ3) is 3.81. The number of methoxy groups -OCH3 is 2. The van der Waals surface area contributed by atoms with E-state index in [1.165, 1.54) is 20.3 Å². The Balaban J connectivity index is 1.96. The van der Waals surface area contributed by atoms with Crippen LogP contribution in [0.1, 0.15) is 32.1 Å². The van der Waals surface area contributed by atoms with Gasteiger partial charge in [0.1, 0.15) is 6.23 Å². The number of rotatable bonds is 3. The molecule has 1 aliphatic heterocycles. The third-order valence-electron chi connectivity index (χ3n) is 4.67. The Hall–Kier alpha value is -1.08. The number of hydrogen-bond donors (Lipinski definition) is 1. The molecule has 0 saturated carbocycles. The number of halogens is 3. The second kappa shape index (κ2) is 7.00. The largest absolute Gasteiger partial charge is 0.469 e. The first-order valence-corrected chi connectivity index (χ1v) is 7.49. The highest BCUT2D eigenvalue weighted by molar-refractivity contribution is 5.73. The van der Waals surface area contributed by atoms with Gasteiger partial charge in [0.15, 0.2) is 0 Å². The molecule has 1 heterocycles. The summed E-state index contributed by atoms with van der Waals surface area (Å²) in [5.74, 6) is -0.542. The van der Waals surface area contributed by atoms with Crippen LogP contribution in [0.4, 0.5) is 13.2 Å². The number of allylic oxidation sites excluding steroid dienone is 2. The van der Waals surface area contributed by atoms with Crippen LogP contribution >= 0.6 is 0 Å². The monoisotopic (exact) mass is 321 g/mol. The molecule has 4 atom stereocenters. The van der Waals surface area contributed by atoms with Crippen molar-refractivity contribution in [2.75, 3.05) is 14.2 Å². The number of esters is 1. The highest BCUT2D eigenvalue weighted by atomic mass is 19.4.